The quantitative estimate of drug-likeness (QED) is 0.244. The standard InChI is InChI=1S/C26H19N3/c1-16-6-5-7-17(2)25(16)24-15-28-26-21-9-4-3-8-20(21)22-12-18-10-11-27-14-19(18)13-23(22)29(24)26/h3-15H,1-2H3. The molecule has 3 heterocycles. The van der Waals surface area contributed by atoms with Crippen LogP contribution in [0.1, 0.15) is 11.1 Å². The van der Waals surface area contributed by atoms with Crippen molar-refractivity contribution in [2.45, 2.75) is 13.8 Å². The van der Waals surface area contributed by atoms with Gasteiger partial charge in [-0.25, -0.2) is 4.98 Å². The first-order chi connectivity index (χ1) is 14.2. The van der Waals surface area contributed by atoms with Gasteiger partial charge in [-0.1, -0.05) is 42.5 Å². The molecule has 0 aliphatic heterocycles. The van der Waals surface area contributed by atoms with Crippen molar-refractivity contribution < 1.29 is 0 Å². The molecule has 6 aromatic rings. The molecule has 3 aromatic heterocycles. The van der Waals surface area contributed by atoms with Gasteiger partial charge in [0.2, 0.25) is 0 Å². The van der Waals surface area contributed by atoms with E-state index >= 15 is 0 Å². The first-order valence-corrected chi connectivity index (χ1v) is 9.84. The molecule has 0 fully saturated rings. The predicted molar refractivity (Wildman–Crippen MR) is 120 cm³/mol. The third kappa shape index (κ3) is 2.24. The molecule has 0 unspecified atom stereocenters. The molecule has 0 atom stereocenters. The largest absolute Gasteiger partial charge is 0.292 e. The molecule has 0 saturated carbocycles. The van der Waals surface area contributed by atoms with Crippen LogP contribution in [0.5, 0.6) is 0 Å². The number of rotatable bonds is 1. The van der Waals surface area contributed by atoms with Crippen molar-refractivity contribution in [2.75, 3.05) is 0 Å². The zero-order chi connectivity index (χ0) is 19.5. The van der Waals surface area contributed by atoms with E-state index in [1.54, 1.807) is 0 Å². The molecular weight excluding hydrogens is 354 g/mol. The molecule has 6 rings (SSSR count). The van der Waals surface area contributed by atoms with Gasteiger partial charge in [0.15, 0.2) is 0 Å². The number of pyridine rings is 2. The summed E-state index contributed by atoms with van der Waals surface area (Å²) in [5, 5.41) is 5.97. The lowest BCUT2D eigenvalue weighted by molar-refractivity contribution is 1.25. The van der Waals surface area contributed by atoms with Crippen LogP contribution >= 0.6 is 0 Å². The zero-order valence-corrected chi connectivity index (χ0v) is 16.3. The number of nitrogens with zero attached hydrogens (tertiary/aromatic N) is 3. The molecule has 0 spiro atoms. The van der Waals surface area contributed by atoms with Gasteiger partial charge < -0.3 is 0 Å². The average Bonchev–Trinajstić information content (AvgIpc) is 3.18. The van der Waals surface area contributed by atoms with Gasteiger partial charge in [-0.05, 0) is 53.9 Å². The van der Waals surface area contributed by atoms with Gasteiger partial charge in [-0.15, -0.1) is 0 Å². The highest BCUT2D eigenvalue weighted by atomic mass is 15.0. The Hall–Kier alpha value is -3.72. The fourth-order valence-corrected chi connectivity index (χ4v) is 4.62. The fourth-order valence-electron chi connectivity index (χ4n) is 4.62. The molecule has 138 valence electrons. The van der Waals surface area contributed by atoms with Gasteiger partial charge >= 0.3 is 0 Å². The molecule has 0 radical (unpaired) electrons. The van der Waals surface area contributed by atoms with E-state index in [0.717, 1.165) is 22.2 Å². The summed E-state index contributed by atoms with van der Waals surface area (Å²) in [6, 6.07) is 21.6. The number of benzene rings is 3. The second-order valence-corrected chi connectivity index (χ2v) is 7.71. The van der Waals surface area contributed by atoms with E-state index in [2.05, 4.69) is 83.9 Å². The molecule has 0 aliphatic rings. The minimum atomic E-state index is 0.994. The highest BCUT2D eigenvalue weighted by Gasteiger charge is 2.17. The number of fused-ring (bicyclic) bond motifs is 7. The van der Waals surface area contributed by atoms with Crippen LogP contribution in [0.4, 0.5) is 0 Å². The van der Waals surface area contributed by atoms with E-state index in [9.17, 15) is 0 Å². The summed E-state index contributed by atoms with van der Waals surface area (Å²) in [4.78, 5) is 9.22. The third-order valence-corrected chi connectivity index (χ3v) is 5.95. The predicted octanol–water partition coefficient (Wildman–Crippen LogP) is 6.47. The number of aryl methyl sites for hydroxylation is 2. The van der Waals surface area contributed by atoms with E-state index in [1.165, 1.54) is 38.2 Å². The van der Waals surface area contributed by atoms with E-state index in [-0.39, 0.29) is 0 Å². The van der Waals surface area contributed by atoms with Crippen LogP contribution in [-0.2, 0) is 0 Å². The first kappa shape index (κ1) is 16.3. The van der Waals surface area contributed by atoms with E-state index in [4.69, 9.17) is 4.98 Å². The third-order valence-electron chi connectivity index (χ3n) is 5.95. The van der Waals surface area contributed by atoms with Crippen LogP contribution < -0.4 is 0 Å². The highest BCUT2D eigenvalue weighted by Crippen LogP contribution is 2.36. The van der Waals surface area contributed by atoms with Gasteiger partial charge in [0.05, 0.1) is 17.4 Å². The van der Waals surface area contributed by atoms with Crippen LogP contribution in [0.25, 0.3) is 49.4 Å². The fraction of sp³-hybridized carbons (Fsp3) is 0.0769. The van der Waals surface area contributed by atoms with Crippen LogP contribution in [0.2, 0.25) is 0 Å². The Bertz CT molecular complexity index is 1550. The SMILES string of the molecule is Cc1cccc(C)c1-c1cnc2c3ccccc3c3cc4ccncc4cc3n12. The Morgan fingerprint density at radius 3 is 2.34 bits per heavy atom. The minimum absolute atomic E-state index is 0.994. The van der Waals surface area contributed by atoms with Crippen molar-refractivity contribution in [3.63, 3.8) is 0 Å². The Morgan fingerprint density at radius 1 is 0.724 bits per heavy atom. The number of hydrogen-bond donors (Lipinski definition) is 0. The lowest BCUT2D eigenvalue weighted by Crippen LogP contribution is -1.96. The molecule has 0 bridgehead atoms. The smallest absolute Gasteiger partial charge is 0.145 e. The highest BCUT2D eigenvalue weighted by molar-refractivity contribution is 6.15. The van der Waals surface area contributed by atoms with Crippen molar-refractivity contribution in [2.24, 2.45) is 0 Å². The lowest BCUT2D eigenvalue weighted by Gasteiger charge is -2.14. The second kappa shape index (κ2) is 5.89. The summed E-state index contributed by atoms with van der Waals surface area (Å²) >= 11 is 0. The van der Waals surface area contributed by atoms with Gasteiger partial charge in [0, 0.05) is 34.1 Å². The maximum absolute atomic E-state index is 4.88. The molecule has 3 heteroatoms. The van der Waals surface area contributed by atoms with E-state index in [0.29, 0.717) is 0 Å². The Morgan fingerprint density at radius 2 is 1.52 bits per heavy atom. The second-order valence-electron chi connectivity index (χ2n) is 7.71. The normalized spacial score (nSPS) is 11.8. The minimum Gasteiger partial charge on any atom is -0.292 e. The Labute approximate surface area is 168 Å². The average molecular weight is 373 g/mol. The number of imidazole rings is 1. The summed E-state index contributed by atoms with van der Waals surface area (Å²) in [6.45, 7) is 4.34. The molecule has 0 N–H and O–H groups in total. The molecule has 0 aliphatic carbocycles. The first-order valence-electron chi connectivity index (χ1n) is 9.84. The van der Waals surface area contributed by atoms with E-state index in [1.807, 2.05) is 18.6 Å². The van der Waals surface area contributed by atoms with Gasteiger partial charge in [-0.2, -0.15) is 0 Å². The Kier molecular flexibility index (Phi) is 3.30. The van der Waals surface area contributed by atoms with Gasteiger partial charge in [0.25, 0.3) is 0 Å². The summed E-state index contributed by atoms with van der Waals surface area (Å²) < 4.78 is 2.32. The Balaban J connectivity index is 1.90. The monoisotopic (exact) mass is 373 g/mol. The van der Waals surface area contributed by atoms with Crippen LogP contribution in [0, 0.1) is 13.8 Å². The summed E-state index contributed by atoms with van der Waals surface area (Å²) in [5.74, 6) is 0. The van der Waals surface area contributed by atoms with Crippen molar-refractivity contribution >= 4 is 38.1 Å². The van der Waals surface area contributed by atoms with Crippen molar-refractivity contribution in [3.8, 4) is 11.3 Å². The van der Waals surface area contributed by atoms with E-state index < -0.39 is 0 Å². The number of aromatic nitrogens is 3. The van der Waals surface area contributed by atoms with Crippen LogP contribution in [0.15, 0.2) is 79.3 Å². The van der Waals surface area contributed by atoms with Crippen molar-refractivity contribution in [1.29, 1.82) is 0 Å². The molecule has 0 saturated heterocycles. The molecule has 0 amide bonds. The molecular formula is C26H19N3. The number of hydrogen-bond acceptors (Lipinski definition) is 2. The summed E-state index contributed by atoms with van der Waals surface area (Å²) in [5.41, 5.74) is 7.06. The summed E-state index contributed by atoms with van der Waals surface area (Å²) in [7, 11) is 0. The molecule has 3 aromatic carbocycles. The maximum Gasteiger partial charge on any atom is 0.145 e. The van der Waals surface area contributed by atoms with Gasteiger partial charge in [-0.3, -0.25) is 9.38 Å². The topological polar surface area (TPSA) is 30.2 Å². The molecule has 3 nitrogen and oxygen atoms in total. The lowest BCUT2D eigenvalue weighted by atomic mass is 9.99. The van der Waals surface area contributed by atoms with Gasteiger partial charge in [0.1, 0.15) is 5.65 Å². The maximum atomic E-state index is 4.88. The van der Waals surface area contributed by atoms with Crippen molar-refractivity contribution in [1.82, 2.24) is 14.4 Å². The zero-order valence-electron chi connectivity index (χ0n) is 16.3. The molecule has 29 heavy (non-hydrogen) atoms. The van der Waals surface area contributed by atoms with Crippen molar-refractivity contribution in [3.05, 3.63) is 90.4 Å². The summed E-state index contributed by atoms with van der Waals surface area (Å²) in [6.07, 6.45) is 5.81. The van der Waals surface area contributed by atoms with Crippen LogP contribution in [-0.4, -0.2) is 14.4 Å². The van der Waals surface area contributed by atoms with Crippen LogP contribution in [0.3, 0.4) is 0 Å².